The molecule has 7 heteroatoms. The van der Waals surface area contributed by atoms with Crippen molar-refractivity contribution in [1.82, 2.24) is 0 Å². The number of aliphatic hydroxyl groups is 1. The van der Waals surface area contributed by atoms with E-state index >= 15 is 0 Å². The molecule has 0 aliphatic carbocycles. The highest BCUT2D eigenvalue weighted by Gasteiger charge is 2.02. The van der Waals surface area contributed by atoms with Crippen molar-refractivity contribution in [2.75, 3.05) is 6.61 Å². The maximum absolute atomic E-state index is 10.3. The van der Waals surface area contributed by atoms with Crippen LogP contribution in [0.3, 0.4) is 0 Å². The summed E-state index contributed by atoms with van der Waals surface area (Å²) in [4.78, 5) is 0. The van der Waals surface area contributed by atoms with Gasteiger partial charge in [0.2, 0.25) is 0 Å². The van der Waals surface area contributed by atoms with Crippen LogP contribution in [0.25, 0.3) is 0 Å². The van der Waals surface area contributed by atoms with Crippen molar-refractivity contribution >= 4 is 10.4 Å². The molecule has 0 bridgehead atoms. The van der Waals surface area contributed by atoms with E-state index in [1.54, 1.807) is 0 Å². The molecule has 6 nitrogen and oxygen atoms in total. The van der Waals surface area contributed by atoms with Gasteiger partial charge in [0.05, 0.1) is 12.8 Å². The summed E-state index contributed by atoms with van der Waals surface area (Å²) in [6.45, 7) is 3.86. The molecule has 1 atom stereocenters. The van der Waals surface area contributed by atoms with Gasteiger partial charge in [-0.05, 0) is 13.3 Å². The van der Waals surface area contributed by atoms with Gasteiger partial charge in [0.1, 0.15) is 0 Å². The van der Waals surface area contributed by atoms with E-state index in [0.29, 0.717) is 6.42 Å². The van der Waals surface area contributed by atoms with Gasteiger partial charge in [-0.25, -0.2) is 4.18 Å². The molecule has 0 fully saturated rings. The first-order valence-corrected chi connectivity index (χ1v) is 12.2. The number of unbranched alkanes of at least 4 members (excludes halogenated alkanes) is 15. The Morgan fingerprint density at radius 2 is 1.00 bits per heavy atom. The second-order valence-electron chi connectivity index (χ2n) is 7.29. The first kappa shape index (κ1) is 29.0. The van der Waals surface area contributed by atoms with E-state index in [-0.39, 0.29) is 6.61 Å². The molecule has 0 aromatic heterocycles. The summed E-state index contributed by atoms with van der Waals surface area (Å²) in [6.07, 6.45) is 19.8. The molecule has 0 amide bonds. The fourth-order valence-electron chi connectivity index (χ4n) is 2.81. The first-order valence-electron chi connectivity index (χ1n) is 10.8. The Bertz CT molecular complexity index is 372. The number of hydrogen-bond donors (Lipinski definition) is 3. The van der Waals surface area contributed by atoms with Crippen molar-refractivity contribution in [3.8, 4) is 0 Å². The molecule has 0 saturated carbocycles. The molecule has 4 N–H and O–H groups in total. The van der Waals surface area contributed by atoms with Gasteiger partial charge in [0.15, 0.2) is 0 Å². The third-order valence-corrected chi connectivity index (χ3v) is 4.69. The smallest absolute Gasteiger partial charge is 0.379 e. The van der Waals surface area contributed by atoms with Crippen molar-refractivity contribution in [1.29, 1.82) is 0 Å². The zero-order valence-corrected chi connectivity index (χ0v) is 18.5. The van der Waals surface area contributed by atoms with Crippen LogP contribution >= 0.6 is 0 Å². The van der Waals surface area contributed by atoms with Crippen molar-refractivity contribution in [2.45, 2.75) is 123 Å². The van der Waals surface area contributed by atoms with E-state index in [1.807, 2.05) is 0 Å². The zero-order chi connectivity index (χ0) is 20.8. The Balaban J connectivity index is 0. The summed E-state index contributed by atoms with van der Waals surface area (Å²) in [7, 11) is -4.24. The molecule has 166 valence electrons. The third kappa shape index (κ3) is 37.3. The molecule has 0 heterocycles. The lowest BCUT2D eigenvalue weighted by atomic mass is 10.0. The second kappa shape index (κ2) is 22.1. The highest BCUT2D eigenvalue weighted by atomic mass is 32.3. The molecule has 0 spiro atoms. The maximum atomic E-state index is 10.3. The largest absolute Gasteiger partial charge is 0.397 e. The second-order valence-corrected chi connectivity index (χ2v) is 8.38. The Labute approximate surface area is 168 Å². The van der Waals surface area contributed by atoms with Gasteiger partial charge in [0.25, 0.3) is 0 Å². The first-order chi connectivity index (χ1) is 12.8. The van der Waals surface area contributed by atoms with Crippen LogP contribution in [-0.4, -0.2) is 30.9 Å². The summed E-state index contributed by atoms with van der Waals surface area (Å²) in [5.74, 6) is 0. The van der Waals surface area contributed by atoms with Crippen molar-refractivity contribution in [2.24, 2.45) is 5.73 Å². The van der Waals surface area contributed by atoms with Crippen LogP contribution in [0.5, 0.6) is 0 Å². The quantitative estimate of drug-likeness (QED) is 0.159. The lowest BCUT2D eigenvalue weighted by Gasteiger charge is -2.03. The van der Waals surface area contributed by atoms with Gasteiger partial charge < -0.3 is 10.8 Å². The fourth-order valence-corrected chi connectivity index (χ4v) is 3.14. The number of rotatable bonds is 18. The van der Waals surface area contributed by atoms with E-state index in [9.17, 15) is 8.42 Å². The van der Waals surface area contributed by atoms with Gasteiger partial charge in [-0.2, -0.15) is 8.42 Å². The molecule has 0 aliphatic heterocycles. The van der Waals surface area contributed by atoms with Crippen LogP contribution in [-0.2, 0) is 14.6 Å². The normalized spacial score (nSPS) is 12.5. The van der Waals surface area contributed by atoms with E-state index in [2.05, 4.69) is 16.8 Å². The average molecular weight is 412 g/mol. The molecule has 0 rings (SSSR count). The Kier molecular flexibility index (Phi) is 23.7. The molecule has 27 heavy (non-hydrogen) atoms. The molecule has 0 aromatic rings. The van der Waals surface area contributed by atoms with Crippen LogP contribution in [0.1, 0.15) is 117 Å². The Morgan fingerprint density at radius 3 is 1.26 bits per heavy atom. The minimum absolute atomic E-state index is 0.0945. The molecular formula is C20H45NO5S. The standard InChI is InChI=1S/C18H38O4S.C2H7NO/c1-2-3-4-5-6-7-8-9-10-11-12-13-14-15-16-17-18-22-23(19,20)21;1-2(3)4/h2-18H2,1H3,(H,19,20,21);2,4H,3H2,1H3. The summed E-state index contributed by atoms with van der Waals surface area (Å²) < 4.78 is 33.3. The van der Waals surface area contributed by atoms with Gasteiger partial charge >= 0.3 is 10.4 Å². The predicted octanol–water partition coefficient (Wildman–Crippen LogP) is 5.35. The van der Waals surface area contributed by atoms with Crippen LogP contribution in [0, 0.1) is 0 Å². The Morgan fingerprint density at radius 1 is 0.741 bits per heavy atom. The van der Waals surface area contributed by atoms with Gasteiger partial charge in [-0.1, -0.05) is 103 Å². The summed E-state index contributed by atoms with van der Waals surface area (Å²) >= 11 is 0. The van der Waals surface area contributed by atoms with Gasteiger partial charge in [-0.15, -0.1) is 0 Å². The number of hydrogen-bond acceptors (Lipinski definition) is 5. The lowest BCUT2D eigenvalue weighted by molar-refractivity contribution is 0.203. The van der Waals surface area contributed by atoms with Crippen LogP contribution in [0.2, 0.25) is 0 Å². The molecule has 0 aromatic carbocycles. The molecule has 1 unspecified atom stereocenters. The van der Waals surface area contributed by atoms with Crippen molar-refractivity contribution in [3.63, 3.8) is 0 Å². The minimum atomic E-state index is -4.24. The molecule has 0 aliphatic rings. The lowest BCUT2D eigenvalue weighted by Crippen LogP contribution is -2.11. The topological polar surface area (TPSA) is 110 Å². The number of aliphatic hydroxyl groups excluding tert-OH is 1. The summed E-state index contributed by atoms with van der Waals surface area (Å²) in [6, 6.07) is 0. The zero-order valence-electron chi connectivity index (χ0n) is 17.7. The van der Waals surface area contributed by atoms with E-state index < -0.39 is 16.6 Å². The van der Waals surface area contributed by atoms with Gasteiger partial charge in [0, 0.05) is 0 Å². The van der Waals surface area contributed by atoms with Crippen LogP contribution < -0.4 is 5.73 Å². The van der Waals surface area contributed by atoms with E-state index in [4.69, 9.17) is 9.66 Å². The highest BCUT2D eigenvalue weighted by molar-refractivity contribution is 7.80. The van der Waals surface area contributed by atoms with Crippen molar-refractivity contribution < 1.29 is 22.3 Å². The third-order valence-electron chi connectivity index (χ3n) is 4.23. The highest BCUT2D eigenvalue weighted by Crippen LogP contribution is 2.13. The van der Waals surface area contributed by atoms with E-state index in [0.717, 1.165) is 12.8 Å². The molecular weight excluding hydrogens is 366 g/mol. The predicted molar refractivity (Wildman–Crippen MR) is 113 cm³/mol. The van der Waals surface area contributed by atoms with Gasteiger partial charge in [-0.3, -0.25) is 4.55 Å². The fraction of sp³-hybridized carbons (Fsp3) is 1.00. The van der Waals surface area contributed by atoms with Crippen LogP contribution in [0.4, 0.5) is 0 Å². The monoisotopic (exact) mass is 411 g/mol. The van der Waals surface area contributed by atoms with Crippen LogP contribution in [0.15, 0.2) is 0 Å². The molecule has 0 radical (unpaired) electrons. The number of nitrogens with two attached hydrogens (primary N) is 1. The minimum Gasteiger partial charge on any atom is -0.379 e. The Hall–Kier alpha value is -0.210. The maximum Gasteiger partial charge on any atom is 0.397 e. The summed E-state index contributed by atoms with van der Waals surface area (Å²) in [5, 5.41) is 7.83. The average Bonchev–Trinajstić information content (AvgIpc) is 2.56. The summed E-state index contributed by atoms with van der Waals surface area (Å²) in [5.41, 5.74) is 4.67. The van der Waals surface area contributed by atoms with E-state index in [1.165, 1.54) is 90.4 Å². The SMILES string of the molecule is CC(N)O.CCCCCCCCCCCCCCCCCCOS(=O)(=O)O. The van der Waals surface area contributed by atoms with Crippen molar-refractivity contribution in [3.05, 3.63) is 0 Å². The molecule has 0 saturated heterocycles.